The van der Waals surface area contributed by atoms with E-state index < -0.39 is 48.5 Å². The standard InChI is InChI=1S/C9H12AsNO8/c12-4-7(13)5-19-9-2-1-6(10(14,15)16)3-8(9)11(17)18/h1-3,7,12-13H,4-5H2,(H2,14,15,16)/p-2. The molecule has 0 spiro atoms. The minimum absolute atomic E-state index is 0.301. The summed E-state index contributed by atoms with van der Waals surface area (Å²) in [6.45, 7) is -1.00. The Kier molecular flexibility index (Phi) is 5.10. The molecule has 0 amide bonds. The zero-order valence-corrected chi connectivity index (χ0v) is 11.3. The normalized spacial score (nSPS) is 13.1. The van der Waals surface area contributed by atoms with Gasteiger partial charge in [0.2, 0.25) is 0 Å². The fourth-order valence-electron chi connectivity index (χ4n) is 1.18. The Balaban J connectivity index is 3.06. The molecule has 0 bridgehead atoms. The fraction of sp³-hybridized carbons (Fsp3) is 0.333. The van der Waals surface area contributed by atoms with Crippen molar-refractivity contribution in [3.8, 4) is 5.75 Å². The van der Waals surface area contributed by atoms with E-state index in [2.05, 4.69) is 0 Å². The van der Waals surface area contributed by atoms with Gasteiger partial charge in [-0.1, -0.05) is 0 Å². The predicted octanol–water partition coefficient (Wildman–Crippen LogP) is -3.38. The summed E-state index contributed by atoms with van der Waals surface area (Å²) in [4.78, 5) is 9.83. The molecule has 0 saturated carbocycles. The van der Waals surface area contributed by atoms with Crippen LogP contribution >= 0.6 is 0 Å². The molecule has 0 saturated heterocycles. The van der Waals surface area contributed by atoms with Gasteiger partial charge in [-0.25, -0.2) is 0 Å². The van der Waals surface area contributed by atoms with Gasteiger partial charge in [0.1, 0.15) is 0 Å². The number of rotatable bonds is 6. The minimum atomic E-state index is -5.73. The van der Waals surface area contributed by atoms with Gasteiger partial charge in [0.15, 0.2) is 0 Å². The summed E-state index contributed by atoms with van der Waals surface area (Å²) in [5.41, 5.74) is -0.698. The molecule has 19 heavy (non-hydrogen) atoms. The molecular formula is C9H10AsNO8-2. The van der Waals surface area contributed by atoms with Gasteiger partial charge >= 0.3 is 109 Å². The number of hydrogen-bond acceptors (Lipinski definition) is 8. The maximum atomic E-state index is 10.8. The van der Waals surface area contributed by atoms with Crippen molar-refractivity contribution in [2.75, 3.05) is 13.2 Å². The third-order valence-electron chi connectivity index (χ3n) is 2.10. The van der Waals surface area contributed by atoms with Gasteiger partial charge in [-0.3, -0.25) is 0 Å². The van der Waals surface area contributed by atoms with Crippen molar-refractivity contribution >= 4 is 24.2 Å². The first-order valence-electron chi connectivity index (χ1n) is 4.98. The van der Waals surface area contributed by atoms with Crippen LogP contribution in [0.25, 0.3) is 0 Å². The fourth-order valence-corrected chi connectivity index (χ4v) is 2.31. The quantitative estimate of drug-likeness (QED) is 0.310. The molecule has 1 atom stereocenters. The molecule has 9 nitrogen and oxygen atoms in total. The number of aliphatic hydroxyl groups is 2. The Morgan fingerprint density at radius 1 is 1.42 bits per heavy atom. The molecule has 10 heteroatoms. The van der Waals surface area contributed by atoms with E-state index in [0.29, 0.717) is 6.07 Å². The molecule has 0 radical (unpaired) electrons. The Morgan fingerprint density at radius 3 is 2.53 bits per heavy atom. The predicted molar refractivity (Wildman–Crippen MR) is 57.8 cm³/mol. The maximum absolute atomic E-state index is 10.8. The third-order valence-corrected chi connectivity index (χ3v) is 4.01. The van der Waals surface area contributed by atoms with Crippen molar-refractivity contribution in [2.24, 2.45) is 0 Å². The molecule has 2 N–H and O–H groups in total. The van der Waals surface area contributed by atoms with E-state index in [1.165, 1.54) is 0 Å². The van der Waals surface area contributed by atoms with Crippen LogP contribution in [0.1, 0.15) is 0 Å². The molecule has 0 aliphatic heterocycles. The second-order valence-electron chi connectivity index (χ2n) is 3.55. The van der Waals surface area contributed by atoms with E-state index in [0.717, 1.165) is 12.1 Å². The number of nitrogens with zero attached hydrogens (tertiary/aromatic N) is 1. The molecule has 0 fully saturated rings. The number of hydrogen-bond donors (Lipinski definition) is 2. The zero-order chi connectivity index (χ0) is 14.6. The van der Waals surface area contributed by atoms with Crippen molar-refractivity contribution in [2.45, 2.75) is 6.10 Å². The zero-order valence-electron chi connectivity index (χ0n) is 9.46. The van der Waals surface area contributed by atoms with Crippen molar-refractivity contribution in [3.05, 3.63) is 28.3 Å². The van der Waals surface area contributed by atoms with Gasteiger partial charge in [-0.05, 0) is 0 Å². The van der Waals surface area contributed by atoms with Crippen LogP contribution in [0.5, 0.6) is 5.75 Å². The number of ether oxygens (including phenoxy) is 1. The van der Waals surface area contributed by atoms with Crippen LogP contribution in [-0.2, 0) is 3.74 Å². The second kappa shape index (κ2) is 6.18. The van der Waals surface area contributed by atoms with E-state index in [1.807, 2.05) is 0 Å². The summed E-state index contributed by atoms with van der Waals surface area (Å²) < 4.78 is 36.7. The van der Waals surface area contributed by atoms with Crippen molar-refractivity contribution < 1.29 is 31.8 Å². The molecule has 1 unspecified atom stereocenters. The first-order valence-corrected chi connectivity index (χ1v) is 8.22. The van der Waals surface area contributed by atoms with Crippen LogP contribution < -0.4 is 17.3 Å². The van der Waals surface area contributed by atoms with Crippen LogP contribution in [-0.4, -0.2) is 48.6 Å². The molecule has 1 rings (SSSR count). The topological polar surface area (TPSA) is 156 Å². The summed E-state index contributed by atoms with van der Waals surface area (Å²) in [6, 6.07) is 2.47. The van der Waals surface area contributed by atoms with Crippen LogP contribution in [0, 0.1) is 10.1 Å². The molecule has 106 valence electrons. The number of nitro benzene ring substituents is 1. The Hall–Kier alpha value is -1.38. The molecular weight excluding hydrogens is 325 g/mol. The SMILES string of the molecule is O=[N+]([O-])c1cc([As](=O)([O-])[O-])ccc1OCC(O)CO. The van der Waals surface area contributed by atoms with Crippen LogP contribution in [0.2, 0.25) is 0 Å². The number of benzene rings is 1. The van der Waals surface area contributed by atoms with Crippen LogP contribution in [0.3, 0.4) is 0 Å². The summed E-state index contributed by atoms with van der Waals surface area (Å²) in [7, 11) is 0. The molecule has 1 aromatic carbocycles. The van der Waals surface area contributed by atoms with E-state index in [1.54, 1.807) is 0 Å². The van der Waals surface area contributed by atoms with Gasteiger partial charge in [0.05, 0.1) is 0 Å². The Labute approximate surface area is 110 Å². The second-order valence-corrected chi connectivity index (χ2v) is 6.72. The van der Waals surface area contributed by atoms with Crippen molar-refractivity contribution in [1.29, 1.82) is 0 Å². The molecule has 0 aliphatic rings. The van der Waals surface area contributed by atoms with Crippen LogP contribution in [0.4, 0.5) is 5.69 Å². The summed E-state index contributed by atoms with van der Waals surface area (Å²) in [6.07, 6.45) is -1.23. The molecule has 0 aromatic heterocycles. The van der Waals surface area contributed by atoms with E-state index in [-0.39, 0.29) is 5.75 Å². The van der Waals surface area contributed by atoms with E-state index in [4.69, 9.17) is 14.9 Å². The monoisotopic (exact) mass is 335 g/mol. The van der Waals surface area contributed by atoms with E-state index in [9.17, 15) is 22.0 Å². The third kappa shape index (κ3) is 4.34. The van der Waals surface area contributed by atoms with Gasteiger partial charge in [-0.15, -0.1) is 0 Å². The molecule has 0 aliphatic carbocycles. The van der Waals surface area contributed by atoms with E-state index >= 15 is 0 Å². The Morgan fingerprint density at radius 2 is 2.05 bits per heavy atom. The van der Waals surface area contributed by atoms with Crippen molar-refractivity contribution in [1.82, 2.24) is 0 Å². The summed E-state index contributed by atoms with van der Waals surface area (Å²) in [5, 5.41) is 28.3. The Bertz CT molecular complexity index is 513. The van der Waals surface area contributed by atoms with Gasteiger partial charge in [0, 0.05) is 0 Å². The average Bonchev–Trinajstić information content (AvgIpc) is 2.34. The number of aliphatic hydroxyl groups excluding tert-OH is 2. The van der Waals surface area contributed by atoms with Gasteiger partial charge in [-0.2, -0.15) is 0 Å². The van der Waals surface area contributed by atoms with Gasteiger partial charge < -0.3 is 0 Å². The molecule has 1 aromatic rings. The van der Waals surface area contributed by atoms with Gasteiger partial charge in [0.25, 0.3) is 0 Å². The van der Waals surface area contributed by atoms with Crippen molar-refractivity contribution in [3.63, 3.8) is 0 Å². The summed E-state index contributed by atoms with van der Waals surface area (Å²) >= 11 is -5.73. The summed E-state index contributed by atoms with van der Waals surface area (Å²) in [5.74, 6) is -0.301. The first-order chi connectivity index (χ1) is 8.75. The average molecular weight is 335 g/mol. The van der Waals surface area contributed by atoms with Crippen LogP contribution in [0.15, 0.2) is 18.2 Å². The first kappa shape index (κ1) is 15.7. The number of nitro groups is 1. The molecule has 0 heterocycles.